The normalized spacial score (nSPS) is 20.8. The van der Waals surface area contributed by atoms with Crippen LogP contribution in [0.1, 0.15) is 35.2 Å². The van der Waals surface area contributed by atoms with Crippen LogP contribution in [0.25, 0.3) is 5.76 Å². The number of aliphatic hydroxyl groups excluding tert-OH is 1. The van der Waals surface area contributed by atoms with Crippen LogP contribution in [0, 0.1) is 0 Å². The molecule has 0 aliphatic carbocycles. The minimum absolute atomic E-state index is 0.0585. The monoisotopic (exact) mass is 455 g/mol. The van der Waals surface area contributed by atoms with Crippen molar-refractivity contribution in [3.05, 3.63) is 101 Å². The molecule has 2 aliphatic heterocycles. The Labute approximate surface area is 198 Å². The number of benzene rings is 3. The Morgan fingerprint density at radius 1 is 1.06 bits per heavy atom. The van der Waals surface area contributed by atoms with Gasteiger partial charge >= 0.3 is 0 Å². The number of ether oxygens (including phenoxy) is 2. The molecule has 2 atom stereocenters. The van der Waals surface area contributed by atoms with Gasteiger partial charge in [0.25, 0.3) is 11.7 Å². The highest BCUT2D eigenvalue weighted by atomic mass is 16.5. The van der Waals surface area contributed by atoms with Crippen molar-refractivity contribution in [2.24, 2.45) is 0 Å². The van der Waals surface area contributed by atoms with Gasteiger partial charge in [-0.05, 0) is 53.9 Å². The fraction of sp³-hybridized carbons (Fsp3) is 0.214. The number of aliphatic hydroxyl groups is 1. The minimum Gasteiger partial charge on any atom is -0.507 e. The largest absolute Gasteiger partial charge is 0.507 e. The predicted octanol–water partition coefficient (Wildman–Crippen LogP) is 4.64. The fourth-order valence-corrected chi connectivity index (χ4v) is 4.68. The van der Waals surface area contributed by atoms with Crippen molar-refractivity contribution in [3.63, 3.8) is 0 Å². The van der Waals surface area contributed by atoms with Gasteiger partial charge in [0.15, 0.2) is 0 Å². The van der Waals surface area contributed by atoms with Crippen LogP contribution in [-0.4, -0.2) is 34.9 Å². The second kappa shape index (κ2) is 8.71. The summed E-state index contributed by atoms with van der Waals surface area (Å²) in [6, 6.07) is 21.3. The van der Waals surface area contributed by atoms with Crippen LogP contribution in [0.3, 0.4) is 0 Å². The summed E-state index contributed by atoms with van der Waals surface area (Å²) in [5.74, 6) is -0.0717. The number of methoxy groups -OCH3 is 1. The molecule has 3 aromatic rings. The Bertz CT molecular complexity index is 1280. The number of carbonyl (C=O) groups is 2. The molecule has 6 nitrogen and oxygen atoms in total. The summed E-state index contributed by atoms with van der Waals surface area (Å²) in [5.41, 5.74) is 3.16. The fourth-order valence-electron chi connectivity index (χ4n) is 4.68. The van der Waals surface area contributed by atoms with Crippen molar-refractivity contribution in [2.45, 2.75) is 32.0 Å². The third kappa shape index (κ3) is 3.81. The van der Waals surface area contributed by atoms with Gasteiger partial charge in [-0.1, -0.05) is 42.5 Å². The zero-order valence-electron chi connectivity index (χ0n) is 19.0. The third-order valence-electron chi connectivity index (χ3n) is 6.34. The van der Waals surface area contributed by atoms with Crippen LogP contribution in [0.5, 0.6) is 11.5 Å². The maximum Gasteiger partial charge on any atom is 0.295 e. The number of ketones is 1. The Balaban J connectivity index is 1.62. The van der Waals surface area contributed by atoms with E-state index in [4.69, 9.17) is 9.47 Å². The first-order chi connectivity index (χ1) is 16.5. The SMILES string of the molecule is COc1ccc([C@H]2/C(=C(\O)c3ccc4c(c3)C[C@@H](C)O4)C(=O)C(=O)N2Cc2ccccc2)cc1. The lowest BCUT2D eigenvalue weighted by Gasteiger charge is -2.25. The number of hydrogen-bond acceptors (Lipinski definition) is 5. The van der Waals surface area contributed by atoms with E-state index >= 15 is 0 Å². The van der Waals surface area contributed by atoms with Gasteiger partial charge in [0.2, 0.25) is 0 Å². The zero-order chi connectivity index (χ0) is 23.8. The lowest BCUT2D eigenvalue weighted by atomic mass is 9.94. The van der Waals surface area contributed by atoms with Gasteiger partial charge in [-0.15, -0.1) is 0 Å². The average molecular weight is 456 g/mol. The molecule has 0 radical (unpaired) electrons. The van der Waals surface area contributed by atoms with Gasteiger partial charge in [0.05, 0.1) is 18.7 Å². The molecule has 0 spiro atoms. The topological polar surface area (TPSA) is 76.1 Å². The molecule has 2 aliphatic rings. The smallest absolute Gasteiger partial charge is 0.295 e. The maximum absolute atomic E-state index is 13.3. The number of Topliss-reactive ketones (excluding diaryl/α,β-unsaturated/α-hetero) is 1. The van der Waals surface area contributed by atoms with E-state index in [-0.39, 0.29) is 24.0 Å². The average Bonchev–Trinajstić information content (AvgIpc) is 3.35. The standard InChI is InChI=1S/C28H25NO5/c1-17-14-21-15-20(10-13-23(21)34-17)26(30)24-25(19-8-11-22(33-2)12-9-19)29(28(32)27(24)31)16-18-6-4-3-5-7-18/h3-13,15,17,25,30H,14,16H2,1-2H3/b26-24+/t17-,25+/m1/s1. The van der Waals surface area contributed by atoms with Gasteiger partial charge in [0.1, 0.15) is 23.4 Å². The van der Waals surface area contributed by atoms with Gasteiger partial charge in [-0.3, -0.25) is 9.59 Å². The van der Waals surface area contributed by atoms with E-state index < -0.39 is 17.7 Å². The molecule has 0 unspecified atom stereocenters. The van der Waals surface area contributed by atoms with Crippen LogP contribution in [-0.2, 0) is 22.6 Å². The first-order valence-electron chi connectivity index (χ1n) is 11.2. The molecule has 3 aromatic carbocycles. The molecule has 1 saturated heterocycles. The van der Waals surface area contributed by atoms with Crippen LogP contribution in [0.4, 0.5) is 0 Å². The summed E-state index contributed by atoms with van der Waals surface area (Å²) in [6.45, 7) is 2.23. The quantitative estimate of drug-likeness (QED) is 0.345. The number of rotatable bonds is 5. The van der Waals surface area contributed by atoms with E-state index in [0.29, 0.717) is 11.3 Å². The Kier molecular flexibility index (Phi) is 5.57. The minimum atomic E-state index is -0.727. The van der Waals surface area contributed by atoms with E-state index in [2.05, 4.69) is 0 Å². The number of carbonyl (C=O) groups excluding carboxylic acids is 2. The summed E-state index contributed by atoms with van der Waals surface area (Å²) < 4.78 is 11.0. The van der Waals surface area contributed by atoms with Crippen molar-refractivity contribution in [3.8, 4) is 11.5 Å². The maximum atomic E-state index is 13.3. The lowest BCUT2D eigenvalue weighted by Crippen LogP contribution is -2.29. The summed E-state index contributed by atoms with van der Waals surface area (Å²) in [7, 11) is 1.58. The molecule has 1 fully saturated rings. The van der Waals surface area contributed by atoms with E-state index in [0.717, 1.165) is 28.9 Å². The number of likely N-dealkylation sites (tertiary alicyclic amines) is 1. The Morgan fingerprint density at radius 3 is 2.50 bits per heavy atom. The van der Waals surface area contributed by atoms with Crippen LogP contribution in [0.2, 0.25) is 0 Å². The highest BCUT2D eigenvalue weighted by Crippen LogP contribution is 2.41. The third-order valence-corrected chi connectivity index (χ3v) is 6.34. The van der Waals surface area contributed by atoms with Crippen molar-refractivity contribution < 1.29 is 24.2 Å². The second-order valence-corrected chi connectivity index (χ2v) is 8.64. The van der Waals surface area contributed by atoms with Crippen molar-refractivity contribution >= 4 is 17.4 Å². The molecular formula is C28H25NO5. The van der Waals surface area contributed by atoms with Gasteiger partial charge in [-0.2, -0.15) is 0 Å². The zero-order valence-corrected chi connectivity index (χ0v) is 19.0. The molecule has 1 N–H and O–H groups in total. The number of nitrogens with zero attached hydrogens (tertiary/aromatic N) is 1. The molecule has 1 amide bonds. The first kappa shape index (κ1) is 21.8. The van der Waals surface area contributed by atoms with E-state index in [1.165, 1.54) is 4.90 Å². The molecule has 0 aromatic heterocycles. The van der Waals surface area contributed by atoms with Gasteiger partial charge in [-0.25, -0.2) is 0 Å². The van der Waals surface area contributed by atoms with Crippen LogP contribution in [0.15, 0.2) is 78.4 Å². The molecule has 0 saturated carbocycles. The number of hydrogen-bond donors (Lipinski definition) is 1. The van der Waals surface area contributed by atoms with Crippen molar-refractivity contribution in [1.29, 1.82) is 0 Å². The van der Waals surface area contributed by atoms with Crippen LogP contribution >= 0.6 is 0 Å². The Hall–Kier alpha value is -4.06. The van der Waals surface area contributed by atoms with E-state index in [1.54, 1.807) is 31.4 Å². The molecule has 5 rings (SSSR count). The lowest BCUT2D eigenvalue weighted by molar-refractivity contribution is -0.140. The summed E-state index contributed by atoms with van der Waals surface area (Å²) in [5, 5.41) is 11.3. The summed E-state index contributed by atoms with van der Waals surface area (Å²) in [6.07, 6.45) is 0.781. The molecule has 2 heterocycles. The Morgan fingerprint density at radius 2 is 1.79 bits per heavy atom. The first-order valence-corrected chi connectivity index (χ1v) is 11.2. The number of amides is 1. The highest BCUT2D eigenvalue weighted by Gasteiger charge is 2.46. The predicted molar refractivity (Wildman–Crippen MR) is 128 cm³/mol. The molecule has 34 heavy (non-hydrogen) atoms. The molecule has 6 heteroatoms. The summed E-state index contributed by atoms with van der Waals surface area (Å²) in [4.78, 5) is 28.0. The van der Waals surface area contributed by atoms with Crippen molar-refractivity contribution in [1.82, 2.24) is 4.90 Å². The van der Waals surface area contributed by atoms with E-state index in [1.807, 2.05) is 55.5 Å². The van der Waals surface area contributed by atoms with Gasteiger partial charge in [0, 0.05) is 18.5 Å². The summed E-state index contributed by atoms with van der Waals surface area (Å²) >= 11 is 0. The van der Waals surface area contributed by atoms with E-state index in [9.17, 15) is 14.7 Å². The molecule has 0 bridgehead atoms. The number of fused-ring (bicyclic) bond motifs is 1. The van der Waals surface area contributed by atoms with Gasteiger partial charge < -0.3 is 19.5 Å². The van der Waals surface area contributed by atoms with Crippen LogP contribution < -0.4 is 9.47 Å². The van der Waals surface area contributed by atoms with Crippen molar-refractivity contribution in [2.75, 3.05) is 7.11 Å². The second-order valence-electron chi connectivity index (χ2n) is 8.64. The molecular weight excluding hydrogens is 430 g/mol. The molecule has 172 valence electrons. The highest BCUT2D eigenvalue weighted by molar-refractivity contribution is 6.46.